The van der Waals surface area contributed by atoms with Crippen molar-refractivity contribution in [3.05, 3.63) is 34.4 Å². The van der Waals surface area contributed by atoms with Crippen LogP contribution in [0.25, 0.3) is 0 Å². The summed E-state index contributed by atoms with van der Waals surface area (Å²) in [5.41, 5.74) is 0.914. The first-order valence-electron chi connectivity index (χ1n) is 6.62. The third kappa shape index (κ3) is 3.49. The van der Waals surface area contributed by atoms with E-state index >= 15 is 0 Å². The Morgan fingerprint density at radius 2 is 2.30 bits per heavy atom. The molecular weight excluding hydrogens is 274 g/mol. The zero-order chi connectivity index (χ0) is 14.5. The van der Waals surface area contributed by atoms with E-state index in [2.05, 4.69) is 34.3 Å². The number of hydrogen-bond acceptors (Lipinski definition) is 5. The van der Waals surface area contributed by atoms with E-state index in [1.54, 1.807) is 10.8 Å². The molecule has 2 rings (SSSR count). The average Bonchev–Trinajstić information content (AvgIpc) is 2.78. The quantitative estimate of drug-likeness (QED) is 0.846. The van der Waals surface area contributed by atoms with Crippen LogP contribution in [0.3, 0.4) is 0 Å². The number of aromatic nitrogens is 4. The van der Waals surface area contributed by atoms with Gasteiger partial charge in [0.2, 0.25) is 0 Å². The molecule has 2 N–H and O–H groups in total. The van der Waals surface area contributed by atoms with Gasteiger partial charge in [0.15, 0.2) is 5.16 Å². The summed E-state index contributed by atoms with van der Waals surface area (Å²) in [5.74, 6) is 0. The van der Waals surface area contributed by atoms with Gasteiger partial charge < -0.3 is 5.32 Å². The maximum absolute atomic E-state index is 11.6. The molecule has 0 aliphatic rings. The number of rotatable bonds is 6. The number of aromatic amines is 1. The molecule has 0 saturated heterocycles. The second-order valence-corrected chi connectivity index (χ2v) is 5.62. The maximum atomic E-state index is 11.6. The minimum Gasteiger partial charge on any atom is -0.310 e. The van der Waals surface area contributed by atoms with Crippen LogP contribution in [0.4, 0.5) is 0 Å². The van der Waals surface area contributed by atoms with Crippen LogP contribution in [-0.2, 0) is 13.1 Å². The van der Waals surface area contributed by atoms with E-state index in [0.717, 1.165) is 17.1 Å². The van der Waals surface area contributed by atoms with Crippen molar-refractivity contribution < 1.29 is 0 Å². The molecule has 0 radical (unpaired) electrons. The number of H-pyrrole nitrogens is 1. The molecule has 0 aliphatic carbocycles. The molecule has 0 unspecified atom stereocenters. The van der Waals surface area contributed by atoms with Crippen molar-refractivity contribution >= 4 is 11.8 Å². The van der Waals surface area contributed by atoms with E-state index < -0.39 is 0 Å². The van der Waals surface area contributed by atoms with Gasteiger partial charge in [-0.2, -0.15) is 0 Å². The van der Waals surface area contributed by atoms with Gasteiger partial charge in [0.25, 0.3) is 0 Å². The molecule has 0 spiro atoms. The standard InChI is InChI=1S/C13H19N5OS/c1-4-18-12(19)16-17-13(18)20-11-10(6-5-7-14-11)8-15-9(2)3/h5-7,9,15H,4,8H2,1-3H3,(H,16,19). The van der Waals surface area contributed by atoms with Crippen molar-refractivity contribution in [1.29, 1.82) is 0 Å². The van der Waals surface area contributed by atoms with Crippen molar-refractivity contribution in [2.45, 2.75) is 50.1 Å². The van der Waals surface area contributed by atoms with E-state index in [9.17, 15) is 4.79 Å². The lowest BCUT2D eigenvalue weighted by Crippen LogP contribution is -2.22. The SMILES string of the molecule is CCn1c(Sc2ncccc2CNC(C)C)n[nH]c1=O. The molecule has 2 aromatic rings. The summed E-state index contributed by atoms with van der Waals surface area (Å²) in [6.07, 6.45) is 1.75. The Labute approximate surface area is 122 Å². The molecule has 7 heteroatoms. The van der Waals surface area contributed by atoms with E-state index in [0.29, 0.717) is 17.7 Å². The van der Waals surface area contributed by atoms with Crippen LogP contribution >= 0.6 is 11.8 Å². The lowest BCUT2D eigenvalue weighted by molar-refractivity contribution is 0.582. The normalized spacial score (nSPS) is 11.2. The molecule has 0 aliphatic heterocycles. The van der Waals surface area contributed by atoms with Gasteiger partial charge in [-0.05, 0) is 30.3 Å². The van der Waals surface area contributed by atoms with Crippen molar-refractivity contribution in [1.82, 2.24) is 25.1 Å². The van der Waals surface area contributed by atoms with Gasteiger partial charge in [0, 0.05) is 25.3 Å². The Hall–Kier alpha value is -1.60. The topological polar surface area (TPSA) is 75.6 Å². The van der Waals surface area contributed by atoms with E-state index in [-0.39, 0.29) is 5.69 Å². The summed E-state index contributed by atoms with van der Waals surface area (Å²) >= 11 is 1.41. The Balaban J connectivity index is 2.22. The molecule has 0 saturated carbocycles. The third-order valence-electron chi connectivity index (χ3n) is 2.78. The predicted molar refractivity (Wildman–Crippen MR) is 78.9 cm³/mol. The molecule has 2 aromatic heterocycles. The van der Waals surface area contributed by atoms with Crippen LogP contribution in [0, 0.1) is 0 Å². The molecule has 0 fully saturated rings. The van der Waals surface area contributed by atoms with Gasteiger partial charge >= 0.3 is 5.69 Å². The molecule has 2 heterocycles. The molecule has 20 heavy (non-hydrogen) atoms. The smallest absolute Gasteiger partial charge is 0.310 e. The highest BCUT2D eigenvalue weighted by Crippen LogP contribution is 2.26. The molecule has 6 nitrogen and oxygen atoms in total. The third-order valence-corrected chi connectivity index (χ3v) is 3.83. The first-order valence-corrected chi connectivity index (χ1v) is 7.43. The zero-order valence-corrected chi connectivity index (χ0v) is 12.7. The highest BCUT2D eigenvalue weighted by atomic mass is 32.2. The number of pyridine rings is 1. The van der Waals surface area contributed by atoms with Gasteiger partial charge in [-0.25, -0.2) is 14.9 Å². The molecular formula is C13H19N5OS. The Bertz CT molecular complexity index is 619. The first kappa shape index (κ1) is 14.8. The molecule has 0 bridgehead atoms. The fourth-order valence-electron chi connectivity index (χ4n) is 1.71. The highest BCUT2D eigenvalue weighted by Gasteiger charge is 2.12. The van der Waals surface area contributed by atoms with Gasteiger partial charge in [-0.1, -0.05) is 19.9 Å². The summed E-state index contributed by atoms with van der Waals surface area (Å²) in [6.45, 7) is 7.45. The first-order chi connectivity index (χ1) is 9.61. The summed E-state index contributed by atoms with van der Waals surface area (Å²) in [4.78, 5) is 16.0. The fourth-order valence-corrected chi connectivity index (χ4v) is 2.68. The molecule has 0 atom stereocenters. The number of hydrogen-bond donors (Lipinski definition) is 2. The number of nitrogens with one attached hydrogen (secondary N) is 2. The molecule has 0 amide bonds. The van der Waals surface area contributed by atoms with Crippen LogP contribution in [0.1, 0.15) is 26.3 Å². The Morgan fingerprint density at radius 1 is 1.50 bits per heavy atom. The van der Waals surface area contributed by atoms with E-state index in [1.165, 1.54) is 11.8 Å². The summed E-state index contributed by atoms with van der Waals surface area (Å²) in [6, 6.07) is 4.36. The van der Waals surface area contributed by atoms with Crippen molar-refractivity contribution in [2.75, 3.05) is 0 Å². The Morgan fingerprint density at radius 3 is 3.00 bits per heavy atom. The van der Waals surface area contributed by atoms with Gasteiger partial charge in [0.05, 0.1) is 0 Å². The van der Waals surface area contributed by atoms with Gasteiger partial charge in [-0.3, -0.25) is 4.57 Å². The van der Waals surface area contributed by atoms with Crippen molar-refractivity contribution in [2.24, 2.45) is 0 Å². The zero-order valence-electron chi connectivity index (χ0n) is 11.9. The van der Waals surface area contributed by atoms with E-state index in [1.807, 2.05) is 19.1 Å². The minimum atomic E-state index is -0.187. The monoisotopic (exact) mass is 293 g/mol. The largest absolute Gasteiger partial charge is 0.343 e. The second kappa shape index (κ2) is 6.71. The van der Waals surface area contributed by atoms with Crippen LogP contribution in [0.5, 0.6) is 0 Å². The fraction of sp³-hybridized carbons (Fsp3) is 0.462. The number of nitrogens with zero attached hydrogens (tertiary/aromatic N) is 3. The second-order valence-electron chi connectivity index (χ2n) is 4.66. The summed E-state index contributed by atoms with van der Waals surface area (Å²) < 4.78 is 1.60. The summed E-state index contributed by atoms with van der Waals surface area (Å²) in [5, 5.41) is 11.4. The van der Waals surface area contributed by atoms with Gasteiger partial charge in [0.1, 0.15) is 5.03 Å². The van der Waals surface area contributed by atoms with Crippen LogP contribution in [-0.4, -0.2) is 25.8 Å². The van der Waals surface area contributed by atoms with Crippen molar-refractivity contribution in [3.8, 4) is 0 Å². The van der Waals surface area contributed by atoms with E-state index in [4.69, 9.17) is 0 Å². The summed E-state index contributed by atoms with van der Waals surface area (Å²) in [7, 11) is 0. The maximum Gasteiger partial charge on any atom is 0.343 e. The minimum absolute atomic E-state index is 0.187. The average molecular weight is 293 g/mol. The molecule has 108 valence electrons. The van der Waals surface area contributed by atoms with Crippen LogP contribution < -0.4 is 11.0 Å². The van der Waals surface area contributed by atoms with Crippen LogP contribution in [0.2, 0.25) is 0 Å². The van der Waals surface area contributed by atoms with Crippen LogP contribution in [0.15, 0.2) is 33.3 Å². The lowest BCUT2D eigenvalue weighted by atomic mass is 10.2. The lowest BCUT2D eigenvalue weighted by Gasteiger charge is -2.11. The van der Waals surface area contributed by atoms with Gasteiger partial charge in [-0.15, -0.1) is 5.10 Å². The Kier molecular flexibility index (Phi) is 4.97. The highest BCUT2D eigenvalue weighted by molar-refractivity contribution is 7.99. The molecule has 0 aromatic carbocycles. The van der Waals surface area contributed by atoms with Crippen molar-refractivity contribution in [3.63, 3.8) is 0 Å². The predicted octanol–water partition coefficient (Wildman–Crippen LogP) is 1.64.